The molecule has 1 aliphatic carbocycles. The van der Waals surface area contributed by atoms with Gasteiger partial charge in [0.2, 0.25) is 5.91 Å². The first-order valence-electron chi connectivity index (χ1n) is 8.31. The number of benzene rings is 1. The van der Waals surface area contributed by atoms with Crippen molar-refractivity contribution in [2.24, 2.45) is 0 Å². The molecule has 0 aliphatic heterocycles. The van der Waals surface area contributed by atoms with Crippen molar-refractivity contribution in [2.75, 3.05) is 6.54 Å². The van der Waals surface area contributed by atoms with Gasteiger partial charge in [0.1, 0.15) is 0 Å². The summed E-state index contributed by atoms with van der Waals surface area (Å²) in [6, 6.07) is 8.06. The van der Waals surface area contributed by atoms with Gasteiger partial charge in [-0.05, 0) is 43.4 Å². The van der Waals surface area contributed by atoms with Crippen LogP contribution in [0.2, 0.25) is 0 Å². The molecule has 126 valence electrons. The van der Waals surface area contributed by atoms with Crippen LogP contribution in [0, 0.1) is 0 Å². The lowest BCUT2D eigenvalue weighted by Crippen LogP contribution is -2.43. The van der Waals surface area contributed by atoms with Gasteiger partial charge in [-0.25, -0.2) is 0 Å². The Balaban J connectivity index is 1.90. The molecule has 0 bridgehead atoms. The fourth-order valence-electron chi connectivity index (χ4n) is 3.36. The van der Waals surface area contributed by atoms with E-state index >= 15 is 0 Å². The van der Waals surface area contributed by atoms with Crippen LogP contribution in [0.3, 0.4) is 0 Å². The number of carbonyl (C=O) groups excluding carboxylic acids is 1. The average molecular weight is 382 g/mol. The highest BCUT2D eigenvalue weighted by molar-refractivity contribution is 9.10. The molecular formula is C18H24BrNO3. The third-order valence-corrected chi connectivity index (χ3v) is 5.12. The second-order valence-electron chi connectivity index (χ2n) is 6.26. The van der Waals surface area contributed by atoms with E-state index in [1.165, 1.54) is 0 Å². The molecule has 0 aromatic heterocycles. The van der Waals surface area contributed by atoms with E-state index in [4.69, 9.17) is 5.11 Å². The molecule has 2 rings (SSSR count). The molecule has 23 heavy (non-hydrogen) atoms. The van der Waals surface area contributed by atoms with E-state index in [-0.39, 0.29) is 12.3 Å². The highest BCUT2D eigenvalue weighted by atomic mass is 79.9. The summed E-state index contributed by atoms with van der Waals surface area (Å²) < 4.78 is 1.00. The van der Waals surface area contributed by atoms with Crippen molar-refractivity contribution in [3.8, 4) is 0 Å². The zero-order valence-electron chi connectivity index (χ0n) is 13.3. The van der Waals surface area contributed by atoms with Crippen LogP contribution >= 0.6 is 15.9 Å². The zero-order valence-corrected chi connectivity index (χ0v) is 14.9. The second kappa shape index (κ2) is 8.48. The Morgan fingerprint density at radius 3 is 2.57 bits per heavy atom. The summed E-state index contributed by atoms with van der Waals surface area (Å²) in [4.78, 5) is 23.3. The number of carbonyl (C=O) groups is 2. The Kier molecular flexibility index (Phi) is 6.63. The maximum absolute atomic E-state index is 12.8. The number of nitrogens with one attached hydrogen (secondary N) is 1. The number of amides is 1. The SMILES string of the molecule is O=C(O)CCCCCNC(=O)C1(c2cccc(Br)c2)CCCC1. The van der Waals surface area contributed by atoms with Crippen molar-refractivity contribution in [2.45, 2.75) is 56.8 Å². The van der Waals surface area contributed by atoms with Gasteiger partial charge in [0.15, 0.2) is 0 Å². The molecule has 1 aliphatic rings. The topological polar surface area (TPSA) is 66.4 Å². The monoisotopic (exact) mass is 381 g/mol. The molecule has 0 spiro atoms. The summed E-state index contributed by atoms with van der Waals surface area (Å²) in [5.74, 6) is -0.639. The van der Waals surface area contributed by atoms with Gasteiger partial charge < -0.3 is 10.4 Å². The van der Waals surface area contributed by atoms with Crippen molar-refractivity contribution in [1.29, 1.82) is 0 Å². The van der Waals surface area contributed by atoms with Crippen LogP contribution in [-0.2, 0) is 15.0 Å². The van der Waals surface area contributed by atoms with Crippen molar-refractivity contribution >= 4 is 27.8 Å². The van der Waals surface area contributed by atoms with E-state index in [1.54, 1.807) is 0 Å². The van der Waals surface area contributed by atoms with E-state index in [0.29, 0.717) is 13.0 Å². The molecule has 2 N–H and O–H groups in total. The maximum atomic E-state index is 12.8. The molecule has 1 amide bonds. The van der Waals surface area contributed by atoms with E-state index in [2.05, 4.69) is 27.3 Å². The number of rotatable bonds is 8. The number of aliphatic carboxylic acids is 1. The van der Waals surface area contributed by atoms with Crippen LogP contribution in [0.5, 0.6) is 0 Å². The van der Waals surface area contributed by atoms with Crippen molar-refractivity contribution < 1.29 is 14.7 Å². The Hall–Kier alpha value is -1.36. The number of carboxylic acid groups (broad SMARTS) is 1. The van der Waals surface area contributed by atoms with Gasteiger partial charge in [0.05, 0.1) is 5.41 Å². The van der Waals surface area contributed by atoms with E-state index in [1.807, 2.05) is 18.2 Å². The van der Waals surface area contributed by atoms with E-state index in [9.17, 15) is 9.59 Å². The number of carboxylic acids is 1. The quantitative estimate of drug-likeness (QED) is 0.668. The summed E-state index contributed by atoms with van der Waals surface area (Å²) in [5, 5.41) is 11.7. The summed E-state index contributed by atoms with van der Waals surface area (Å²) in [7, 11) is 0. The average Bonchev–Trinajstić information content (AvgIpc) is 3.01. The number of hydrogen-bond donors (Lipinski definition) is 2. The first-order chi connectivity index (χ1) is 11.0. The zero-order chi connectivity index (χ0) is 16.7. The fourth-order valence-corrected chi connectivity index (χ4v) is 3.76. The lowest BCUT2D eigenvalue weighted by atomic mass is 9.78. The Morgan fingerprint density at radius 1 is 1.17 bits per heavy atom. The standard InChI is InChI=1S/C18H24BrNO3/c19-15-8-6-7-14(13-15)18(10-3-4-11-18)17(23)20-12-5-1-2-9-16(21)22/h6-8,13H,1-5,9-12H2,(H,20,23)(H,21,22). The molecule has 1 aromatic rings. The molecule has 1 aromatic carbocycles. The molecule has 0 atom stereocenters. The molecule has 4 nitrogen and oxygen atoms in total. The van der Waals surface area contributed by atoms with Gasteiger partial charge in [-0.3, -0.25) is 9.59 Å². The third kappa shape index (κ3) is 4.80. The molecule has 0 saturated heterocycles. The van der Waals surface area contributed by atoms with Crippen LogP contribution in [0.15, 0.2) is 28.7 Å². The number of unbranched alkanes of at least 4 members (excludes halogenated alkanes) is 2. The van der Waals surface area contributed by atoms with Gasteiger partial charge in [0, 0.05) is 17.4 Å². The number of hydrogen-bond acceptors (Lipinski definition) is 2. The molecule has 1 fully saturated rings. The summed E-state index contributed by atoms with van der Waals surface area (Å²) in [6.45, 7) is 0.619. The van der Waals surface area contributed by atoms with Crippen LogP contribution in [-0.4, -0.2) is 23.5 Å². The molecule has 0 heterocycles. The third-order valence-electron chi connectivity index (χ3n) is 4.62. The lowest BCUT2D eigenvalue weighted by Gasteiger charge is -2.28. The van der Waals surface area contributed by atoms with Gasteiger partial charge in [0.25, 0.3) is 0 Å². The van der Waals surface area contributed by atoms with Crippen molar-refractivity contribution in [3.63, 3.8) is 0 Å². The summed E-state index contributed by atoms with van der Waals surface area (Å²) in [5.41, 5.74) is 0.693. The highest BCUT2D eigenvalue weighted by Crippen LogP contribution is 2.42. The molecule has 0 radical (unpaired) electrons. The minimum absolute atomic E-state index is 0.117. The van der Waals surface area contributed by atoms with Crippen LogP contribution < -0.4 is 5.32 Å². The van der Waals surface area contributed by atoms with Gasteiger partial charge in [-0.15, -0.1) is 0 Å². The second-order valence-corrected chi connectivity index (χ2v) is 7.18. The summed E-state index contributed by atoms with van der Waals surface area (Å²) >= 11 is 3.50. The van der Waals surface area contributed by atoms with Crippen molar-refractivity contribution in [3.05, 3.63) is 34.3 Å². The van der Waals surface area contributed by atoms with Gasteiger partial charge >= 0.3 is 5.97 Å². The molecular weight excluding hydrogens is 358 g/mol. The highest BCUT2D eigenvalue weighted by Gasteiger charge is 2.42. The van der Waals surface area contributed by atoms with Crippen LogP contribution in [0.4, 0.5) is 0 Å². The molecule has 1 saturated carbocycles. The van der Waals surface area contributed by atoms with Crippen LogP contribution in [0.25, 0.3) is 0 Å². The van der Waals surface area contributed by atoms with E-state index in [0.717, 1.165) is 48.6 Å². The Labute approximate surface area is 145 Å². The Morgan fingerprint density at radius 2 is 1.91 bits per heavy atom. The molecule has 5 heteroatoms. The number of halogens is 1. The first-order valence-corrected chi connectivity index (χ1v) is 9.10. The predicted octanol–water partition coefficient (Wildman–Crippen LogP) is 4.02. The van der Waals surface area contributed by atoms with Gasteiger partial charge in [-0.2, -0.15) is 0 Å². The van der Waals surface area contributed by atoms with E-state index < -0.39 is 11.4 Å². The lowest BCUT2D eigenvalue weighted by molar-refractivity contribution is -0.137. The first kappa shape index (κ1) is 18.0. The van der Waals surface area contributed by atoms with Gasteiger partial charge in [-0.1, -0.05) is 47.3 Å². The largest absolute Gasteiger partial charge is 0.481 e. The maximum Gasteiger partial charge on any atom is 0.303 e. The smallest absolute Gasteiger partial charge is 0.303 e. The fraction of sp³-hybridized carbons (Fsp3) is 0.556. The van der Waals surface area contributed by atoms with Crippen LogP contribution in [0.1, 0.15) is 56.9 Å². The minimum Gasteiger partial charge on any atom is -0.481 e. The minimum atomic E-state index is -0.756. The predicted molar refractivity (Wildman–Crippen MR) is 93.4 cm³/mol. The Bertz CT molecular complexity index is 553. The molecule has 0 unspecified atom stereocenters. The normalized spacial score (nSPS) is 16.2. The summed E-state index contributed by atoms with van der Waals surface area (Å²) in [6.07, 6.45) is 6.49. The van der Waals surface area contributed by atoms with Crippen molar-refractivity contribution in [1.82, 2.24) is 5.32 Å².